The number of amides is 1. The highest BCUT2D eigenvalue weighted by molar-refractivity contribution is 5.86. The third kappa shape index (κ3) is 3.83. The molecule has 2 aliphatic carbocycles. The monoisotopic (exact) mass is 308 g/mol. The predicted molar refractivity (Wildman–Crippen MR) is 87.6 cm³/mol. The molecule has 0 bridgehead atoms. The first-order valence-corrected chi connectivity index (χ1v) is 9.42. The molecule has 3 fully saturated rings. The Kier molecular flexibility index (Phi) is 5.40. The average Bonchev–Trinajstić information content (AvgIpc) is 3.05. The first kappa shape index (κ1) is 16.3. The topological polar surface area (TPSA) is 52.6 Å². The summed E-state index contributed by atoms with van der Waals surface area (Å²) in [6.45, 7) is 2.14. The number of carbonyl (C=O) groups excluding carboxylic acids is 1. The quantitative estimate of drug-likeness (QED) is 0.820. The van der Waals surface area contributed by atoms with Crippen molar-refractivity contribution in [1.29, 1.82) is 0 Å². The smallest absolute Gasteiger partial charge is 0.255 e. The fourth-order valence-corrected chi connectivity index (χ4v) is 4.53. The van der Waals surface area contributed by atoms with E-state index in [-0.39, 0.29) is 5.91 Å². The fraction of sp³-hybridized carbons (Fsp3) is 0.944. The van der Waals surface area contributed by atoms with E-state index in [2.05, 4.69) is 5.32 Å². The van der Waals surface area contributed by atoms with Gasteiger partial charge in [0, 0.05) is 25.7 Å². The molecule has 0 spiro atoms. The van der Waals surface area contributed by atoms with E-state index >= 15 is 0 Å². The van der Waals surface area contributed by atoms with Gasteiger partial charge in [0.2, 0.25) is 0 Å². The first-order valence-electron chi connectivity index (χ1n) is 9.42. The van der Waals surface area contributed by atoms with E-state index in [0.717, 1.165) is 19.5 Å². The van der Waals surface area contributed by atoms with Crippen molar-refractivity contribution in [1.82, 2.24) is 10.2 Å². The van der Waals surface area contributed by atoms with Crippen LogP contribution >= 0.6 is 0 Å². The zero-order valence-corrected chi connectivity index (χ0v) is 13.9. The van der Waals surface area contributed by atoms with Crippen LogP contribution in [-0.2, 0) is 4.79 Å². The summed E-state index contributed by atoms with van der Waals surface area (Å²) >= 11 is 0. The first-order chi connectivity index (χ1) is 10.7. The van der Waals surface area contributed by atoms with Gasteiger partial charge in [0.1, 0.15) is 0 Å². The lowest BCUT2D eigenvalue weighted by atomic mass is 9.86. The summed E-state index contributed by atoms with van der Waals surface area (Å²) in [5, 5.41) is 14.3. The molecule has 4 nitrogen and oxygen atoms in total. The molecule has 1 aliphatic heterocycles. The molecule has 1 atom stereocenters. The molecule has 3 aliphatic rings. The highest BCUT2D eigenvalue weighted by Crippen LogP contribution is 2.29. The van der Waals surface area contributed by atoms with Gasteiger partial charge < -0.3 is 15.3 Å². The fourth-order valence-electron chi connectivity index (χ4n) is 4.53. The number of piperidine rings is 1. The number of rotatable bonds is 5. The zero-order valence-electron chi connectivity index (χ0n) is 13.9. The van der Waals surface area contributed by atoms with Crippen LogP contribution in [0.5, 0.6) is 0 Å². The maximum atomic E-state index is 12.8. The molecule has 2 saturated carbocycles. The molecular formula is C18H32N2O2. The van der Waals surface area contributed by atoms with Crippen LogP contribution in [0.4, 0.5) is 0 Å². The molecule has 1 saturated heterocycles. The van der Waals surface area contributed by atoms with Crippen LogP contribution in [-0.4, -0.2) is 47.2 Å². The van der Waals surface area contributed by atoms with Crippen LogP contribution in [0.15, 0.2) is 0 Å². The Bertz CT molecular complexity index is 375. The van der Waals surface area contributed by atoms with Crippen molar-refractivity contribution in [2.45, 2.75) is 82.3 Å². The molecule has 0 aromatic rings. The molecule has 1 heterocycles. The highest BCUT2D eigenvalue weighted by atomic mass is 16.3. The maximum Gasteiger partial charge on any atom is 0.255 e. The Hall–Kier alpha value is -0.610. The Labute approximate surface area is 134 Å². The van der Waals surface area contributed by atoms with E-state index in [1.54, 1.807) is 0 Å². The Morgan fingerprint density at radius 1 is 1.05 bits per heavy atom. The largest absolute Gasteiger partial charge is 0.379 e. The normalized spacial score (nSPS) is 31.9. The van der Waals surface area contributed by atoms with Gasteiger partial charge in [0.05, 0.1) is 0 Å². The van der Waals surface area contributed by atoms with Crippen LogP contribution in [0.3, 0.4) is 0 Å². The van der Waals surface area contributed by atoms with Gasteiger partial charge in [-0.15, -0.1) is 0 Å². The summed E-state index contributed by atoms with van der Waals surface area (Å²) in [7, 11) is 0. The second-order valence-electron chi connectivity index (χ2n) is 7.75. The number of hydrogen-bond donors (Lipinski definition) is 2. The summed E-state index contributed by atoms with van der Waals surface area (Å²) in [6.07, 6.45) is 12.9. The lowest BCUT2D eigenvalue weighted by molar-refractivity contribution is -0.157. The maximum absolute atomic E-state index is 12.8. The van der Waals surface area contributed by atoms with Crippen molar-refractivity contribution in [3.05, 3.63) is 0 Å². The summed E-state index contributed by atoms with van der Waals surface area (Å²) in [5.41, 5.74) is -1.16. The second kappa shape index (κ2) is 7.31. The van der Waals surface area contributed by atoms with Gasteiger partial charge in [-0.1, -0.05) is 32.1 Å². The summed E-state index contributed by atoms with van der Waals surface area (Å²) in [6, 6.07) is 0.505. The van der Waals surface area contributed by atoms with Crippen molar-refractivity contribution in [2.75, 3.05) is 19.6 Å². The van der Waals surface area contributed by atoms with E-state index in [1.165, 1.54) is 57.8 Å². The van der Waals surface area contributed by atoms with Crippen LogP contribution in [0.1, 0.15) is 70.6 Å². The third-order valence-electron chi connectivity index (χ3n) is 5.95. The molecular weight excluding hydrogens is 276 g/mol. The number of nitrogens with zero attached hydrogens (tertiary/aromatic N) is 1. The van der Waals surface area contributed by atoms with E-state index in [0.29, 0.717) is 24.9 Å². The Morgan fingerprint density at radius 2 is 1.73 bits per heavy atom. The van der Waals surface area contributed by atoms with Gasteiger partial charge in [-0.3, -0.25) is 4.79 Å². The molecule has 126 valence electrons. The Balaban J connectivity index is 1.53. The van der Waals surface area contributed by atoms with Crippen LogP contribution < -0.4 is 5.32 Å². The molecule has 2 N–H and O–H groups in total. The average molecular weight is 308 g/mol. The number of hydrogen-bond acceptors (Lipinski definition) is 3. The molecule has 22 heavy (non-hydrogen) atoms. The minimum absolute atomic E-state index is 0.0187. The van der Waals surface area contributed by atoms with Crippen LogP contribution in [0.2, 0.25) is 0 Å². The molecule has 4 heteroatoms. The van der Waals surface area contributed by atoms with E-state index < -0.39 is 5.60 Å². The lowest BCUT2D eigenvalue weighted by Crippen LogP contribution is -2.59. The van der Waals surface area contributed by atoms with Gasteiger partial charge in [0.25, 0.3) is 5.91 Å². The summed E-state index contributed by atoms with van der Waals surface area (Å²) in [4.78, 5) is 14.7. The van der Waals surface area contributed by atoms with Gasteiger partial charge in [-0.25, -0.2) is 0 Å². The number of aliphatic hydroxyl groups is 1. The molecule has 0 aromatic carbocycles. The van der Waals surface area contributed by atoms with Crippen molar-refractivity contribution in [3.8, 4) is 0 Å². The number of nitrogens with one attached hydrogen (secondary N) is 1. The molecule has 0 radical (unpaired) electrons. The van der Waals surface area contributed by atoms with Crippen molar-refractivity contribution >= 4 is 5.91 Å². The number of likely N-dealkylation sites (tertiary alicyclic amines) is 1. The highest BCUT2D eigenvalue weighted by Gasteiger charge is 2.42. The zero-order chi connectivity index (χ0) is 15.4. The molecule has 1 amide bonds. The molecule has 3 rings (SSSR count). The predicted octanol–water partition coefficient (Wildman–Crippen LogP) is 2.45. The standard InChI is InChI=1S/C18H32N2O2/c21-17-18(22,14-19-16-9-4-5-10-16)11-6-12-20(17)13-15-7-2-1-3-8-15/h15-16,19,22H,1-14H2/t18-/m0/s1. The van der Waals surface area contributed by atoms with Gasteiger partial charge in [-0.05, 0) is 44.4 Å². The molecule has 0 aromatic heterocycles. The van der Waals surface area contributed by atoms with E-state index in [1.807, 2.05) is 4.90 Å². The van der Waals surface area contributed by atoms with E-state index in [4.69, 9.17) is 0 Å². The van der Waals surface area contributed by atoms with Crippen molar-refractivity contribution in [2.24, 2.45) is 5.92 Å². The van der Waals surface area contributed by atoms with Gasteiger partial charge >= 0.3 is 0 Å². The lowest BCUT2D eigenvalue weighted by Gasteiger charge is -2.40. The SMILES string of the molecule is O=C1N(CC2CCCCC2)CCC[C@]1(O)CNC1CCCC1. The van der Waals surface area contributed by atoms with Crippen molar-refractivity contribution < 1.29 is 9.90 Å². The minimum Gasteiger partial charge on any atom is -0.379 e. The summed E-state index contributed by atoms with van der Waals surface area (Å²) < 4.78 is 0. The van der Waals surface area contributed by atoms with Crippen LogP contribution in [0, 0.1) is 5.92 Å². The second-order valence-corrected chi connectivity index (χ2v) is 7.75. The number of carbonyl (C=O) groups is 1. The summed E-state index contributed by atoms with van der Waals surface area (Å²) in [5.74, 6) is 0.637. The van der Waals surface area contributed by atoms with E-state index in [9.17, 15) is 9.90 Å². The van der Waals surface area contributed by atoms with Crippen LogP contribution in [0.25, 0.3) is 0 Å². The van der Waals surface area contributed by atoms with Crippen molar-refractivity contribution in [3.63, 3.8) is 0 Å². The Morgan fingerprint density at radius 3 is 2.45 bits per heavy atom. The van der Waals surface area contributed by atoms with Gasteiger partial charge in [-0.2, -0.15) is 0 Å². The molecule has 0 unspecified atom stereocenters. The third-order valence-corrected chi connectivity index (χ3v) is 5.95. The van der Waals surface area contributed by atoms with Gasteiger partial charge in [0.15, 0.2) is 5.60 Å². The minimum atomic E-state index is -1.16.